The molecule has 0 saturated heterocycles. The number of thiophene rings is 1. The molecule has 0 spiro atoms. The van der Waals surface area contributed by atoms with Gasteiger partial charge in [0.05, 0.1) is 0 Å². The first-order chi connectivity index (χ1) is 30.2. The van der Waals surface area contributed by atoms with Crippen LogP contribution >= 0.6 is 11.3 Å². The lowest BCUT2D eigenvalue weighted by Gasteiger charge is -2.26. The van der Waals surface area contributed by atoms with Crippen molar-refractivity contribution in [2.45, 2.75) is 0 Å². The Morgan fingerprint density at radius 2 is 0.852 bits per heavy atom. The summed E-state index contributed by atoms with van der Waals surface area (Å²) in [7, 11) is 0. The van der Waals surface area contributed by atoms with Crippen LogP contribution in [0.15, 0.2) is 229 Å². The number of para-hydroxylation sites is 1. The Labute approximate surface area is 357 Å². The summed E-state index contributed by atoms with van der Waals surface area (Å²) in [5.74, 6) is 0. The number of rotatable bonds is 7. The molecule has 12 rings (SSSR count). The molecule has 0 saturated carbocycles. The minimum atomic E-state index is 0.893. The summed E-state index contributed by atoms with van der Waals surface area (Å²) in [6, 6.07) is 81.1. The molecule has 0 amide bonds. The van der Waals surface area contributed by atoms with E-state index >= 15 is 0 Å². The molecule has 10 aromatic carbocycles. The van der Waals surface area contributed by atoms with Gasteiger partial charge in [0.1, 0.15) is 11.2 Å². The molecule has 2 nitrogen and oxygen atoms in total. The van der Waals surface area contributed by atoms with Gasteiger partial charge in [0.15, 0.2) is 0 Å². The van der Waals surface area contributed by atoms with E-state index in [0.717, 1.165) is 61.3 Å². The molecule has 12 aromatic rings. The maximum atomic E-state index is 6.49. The molecule has 3 heteroatoms. The summed E-state index contributed by atoms with van der Waals surface area (Å²) >= 11 is 1.86. The summed E-state index contributed by atoms with van der Waals surface area (Å²) in [6.07, 6.45) is 0. The van der Waals surface area contributed by atoms with Crippen LogP contribution in [-0.4, -0.2) is 0 Å². The molecule has 0 unspecified atom stereocenters. The Bertz CT molecular complexity index is 3560. The number of hydrogen-bond acceptors (Lipinski definition) is 3. The van der Waals surface area contributed by atoms with Gasteiger partial charge in [-0.1, -0.05) is 158 Å². The fourth-order valence-electron chi connectivity index (χ4n) is 8.95. The largest absolute Gasteiger partial charge is 0.455 e. The first kappa shape index (κ1) is 35.2. The molecule has 0 N–H and O–H groups in total. The fraction of sp³-hybridized carbons (Fsp3) is 0. The van der Waals surface area contributed by atoms with Gasteiger partial charge in [-0.3, -0.25) is 0 Å². The molecule has 0 bridgehead atoms. The normalized spacial score (nSPS) is 11.6. The lowest BCUT2D eigenvalue weighted by atomic mass is 9.99. The summed E-state index contributed by atoms with van der Waals surface area (Å²) in [6.45, 7) is 0. The second-order valence-corrected chi connectivity index (χ2v) is 16.8. The van der Waals surface area contributed by atoms with E-state index in [1.54, 1.807) is 0 Å². The van der Waals surface area contributed by atoms with E-state index in [4.69, 9.17) is 4.42 Å². The number of fused-ring (bicyclic) bond motifs is 7. The number of furan rings is 1. The van der Waals surface area contributed by atoms with Crippen molar-refractivity contribution in [1.82, 2.24) is 0 Å². The van der Waals surface area contributed by atoms with E-state index in [1.807, 2.05) is 17.4 Å². The highest BCUT2D eigenvalue weighted by molar-refractivity contribution is 7.25. The first-order valence-corrected chi connectivity index (χ1v) is 21.5. The molecule has 0 aliphatic carbocycles. The van der Waals surface area contributed by atoms with Gasteiger partial charge >= 0.3 is 0 Å². The van der Waals surface area contributed by atoms with Crippen molar-refractivity contribution in [2.75, 3.05) is 4.90 Å². The van der Waals surface area contributed by atoms with E-state index in [9.17, 15) is 0 Å². The Morgan fingerprint density at radius 3 is 1.57 bits per heavy atom. The van der Waals surface area contributed by atoms with Gasteiger partial charge in [0, 0.05) is 53.6 Å². The number of benzene rings is 10. The summed E-state index contributed by atoms with van der Waals surface area (Å²) in [5, 5.41) is 7.38. The van der Waals surface area contributed by atoms with E-state index in [1.165, 1.54) is 53.2 Å². The molecular weight excluding hydrogens is 759 g/mol. The Hall–Kier alpha value is -7.72. The van der Waals surface area contributed by atoms with Gasteiger partial charge in [-0.15, -0.1) is 11.3 Å². The molecule has 0 aliphatic rings. The van der Waals surface area contributed by atoms with Gasteiger partial charge in [-0.2, -0.15) is 0 Å². The van der Waals surface area contributed by atoms with Crippen LogP contribution < -0.4 is 4.90 Å². The molecule has 0 fully saturated rings. The molecule has 0 aliphatic heterocycles. The quantitative estimate of drug-likeness (QED) is 0.160. The standard InChI is InChI=1S/C58H37NOS/c1-2-10-42(11-3-1)50-14-8-15-53-54-36-45(26-34-55(54)60-58(50)53)40-21-29-48(30-22-40)59(47-27-19-39(20-28-47)44-18-17-38-9-4-5-12-43(38)35-44)49-31-23-41(24-32-49)46-25-33-52-51-13-6-7-16-56(51)61-57(52)37-46/h1-37H. The monoisotopic (exact) mass is 795 g/mol. The van der Waals surface area contributed by atoms with Gasteiger partial charge < -0.3 is 9.32 Å². The van der Waals surface area contributed by atoms with Crippen LogP contribution in [0.4, 0.5) is 17.1 Å². The highest BCUT2D eigenvalue weighted by Gasteiger charge is 2.16. The van der Waals surface area contributed by atoms with E-state index in [2.05, 4.69) is 223 Å². The van der Waals surface area contributed by atoms with Crippen molar-refractivity contribution >= 4 is 81.3 Å². The summed E-state index contributed by atoms with van der Waals surface area (Å²) < 4.78 is 9.13. The zero-order valence-electron chi connectivity index (χ0n) is 33.1. The first-order valence-electron chi connectivity index (χ1n) is 20.7. The third-order valence-electron chi connectivity index (χ3n) is 12.1. The molecule has 0 atom stereocenters. The topological polar surface area (TPSA) is 16.4 Å². The summed E-state index contributed by atoms with van der Waals surface area (Å²) in [4.78, 5) is 2.35. The van der Waals surface area contributed by atoms with Crippen LogP contribution in [0.25, 0.3) is 97.4 Å². The fourth-order valence-corrected chi connectivity index (χ4v) is 10.1. The second-order valence-electron chi connectivity index (χ2n) is 15.7. The zero-order valence-corrected chi connectivity index (χ0v) is 33.9. The van der Waals surface area contributed by atoms with Gasteiger partial charge in [-0.05, 0) is 116 Å². The second kappa shape index (κ2) is 14.5. The molecule has 0 radical (unpaired) electrons. The van der Waals surface area contributed by atoms with Crippen LogP contribution in [-0.2, 0) is 0 Å². The van der Waals surface area contributed by atoms with E-state index in [-0.39, 0.29) is 0 Å². The zero-order chi connectivity index (χ0) is 40.3. The van der Waals surface area contributed by atoms with Gasteiger partial charge in [0.2, 0.25) is 0 Å². The smallest absolute Gasteiger partial charge is 0.143 e. The Balaban J connectivity index is 0.907. The van der Waals surface area contributed by atoms with Crippen LogP contribution in [0, 0.1) is 0 Å². The minimum Gasteiger partial charge on any atom is -0.455 e. The minimum absolute atomic E-state index is 0.893. The van der Waals surface area contributed by atoms with E-state index < -0.39 is 0 Å². The van der Waals surface area contributed by atoms with Crippen LogP contribution in [0.1, 0.15) is 0 Å². The molecule has 2 heterocycles. The van der Waals surface area contributed by atoms with Gasteiger partial charge in [0.25, 0.3) is 0 Å². The maximum absolute atomic E-state index is 6.49. The highest BCUT2D eigenvalue weighted by Crippen LogP contribution is 2.41. The number of hydrogen-bond donors (Lipinski definition) is 0. The van der Waals surface area contributed by atoms with Crippen LogP contribution in [0.5, 0.6) is 0 Å². The molecule has 286 valence electrons. The van der Waals surface area contributed by atoms with Crippen molar-refractivity contribution in [3.05, 3.63) is 224 Å². The van der Waals surface area contributed by atoms with Crippen molar-refractivity contribution in [3.63, 3.8) is 0 Å². The Kier molecular flexibility index (Phi) is 8.39. The SMILES string of the molecule is c1ccc(-c2cccc3c2oc2ccc(-c4ccc(N(c5ccc(-c6ccc7ccccc7c6)cc5)c5ccc(-c6ccc7c(c6)sc6ccccc67)cc5)cc4)cc23)cc1. The summed E-state index contributed by atoms with van der Waals surface area (Å²) in [5.41, 5.74) is 14.5. The predicted octanol–water partition coefficient (Wildman–Crippen LogP) is 17.2. The van der Waals surface area contributed by atoms with E-state index in [0.29, 0.717) is 0 Å². The lowest BCUT2D eigenvalue weighted by Crippen LogP contribution is -2.09. The Morgan fingerprint density at radius 1 is 0.311 bits per heavy atom. The third-order valence-corrected chi connectivity index (χ3v) is 13.2. The van der Waals surface area contributed by atoms with Crippen molar-refractivity contribution in [3.8, 4) is 44.5 Å². The maximum Gasteiger partial charge on any atom is 0.143 e. The highest BCUT2D eigenvalue weighted by atomic mass is 32.1. The lowest BCUT2D eigenvalue weighted by molar-refractivity contribution is 0.670. The predicted molar refractivity (Wildman–Crippen MR) is 261 cm³/mol. The third kappa shape index (κ3) is 6.26. The van der Waals surface area contributed by atoms with Crippen LogP contribution in [0.3, 0.4) is 0 Å². The van der Waals surface area contributed by atoms with Crippen molar-refractivity contribution < 1.29 is 4.42 Å². The molecular formula is C58H37NOS. The average molecular weight is 796 g/mol. The van der Waals surface area contributed by atoms with Crippen molar-refractivity contribution in [2.24, 2.45) is 0 Å². The van der Waals surface area contributed by atoms with Crippen molar-refractivity contribution in [1.29, 1.82) is 0 Å². The molecule has 2 aromatic heterocycles. The number of nitrogens with zero attached hydrogens (tertiary/aromatic N) is 1. The number of anilines is 3. The van der Waals surface area contributed by atoms with Gasteiger partial charge in [-0.25, -0.2) is 0 Å². The van der Waals surface area contributed by atoms with Crippen LogP contribution in [0.2, 0.25) is 0 Å². The average Bonchev–Trinajstić information content (AvgIpc) is 3.90. The molecule has 61 heavy (non-hydrogen) atoms.